The molecule has 0 radical (unpaired) electrons. The van der Waals surface area contributed by atoms with Crippen LogP contribution in [0.1, 0.15) is 16.5 Å². The fraction of sp³-hybridized carbons (Fsp3) is 0.188. The molecular formula is C16H16N2OS. The number of para-hydroxylation sites is 1. The summed E-state index contributed by atoms with van der Waals surface area (Å²) in [5.74, 6) is 0.657. The molecule has 2 aromatic rings. The number of nitrogens with two attached hydrogens (primary N) is 1. The molecule has 1 heterocycles. The number of nitrogens with zero attached hydrogens (tertiary/aromatic N) is 1. The van der Waals surface area contributed by atoms with Crippen LogP contribution in [0.3, 0.4) is 0 Å². The minimum Gasteiger partial charge on any atom is -0.399 e. The van der Waals surface area contributed by atoms with Crippen molar-refractivity contribution in [3.05, 3.63) is 59.7 Å². The van der Waals surface area contributed by atoms with Crippen molar-refractivity contribution in [3.63, 3.8) is 0 Å². The number of aryl methyl sites for hydroxylation is 1. The molecule has 1 atom stereocenters. The van der Waals surface area contributed by atoms with Crippen LogP contribution in [0, 0.1) is 6.92 Å². The van der Waals surface area contributed by atoms with Gasteiger partial charge in [0.25, 0.3) is 0 Å². The van der Waals surface area contributed by atoms with Gasteiger partial charge in [-0.1, -0.05) is 30.3 Å². The summed E-state index contributed by atoms with van der Waals surface area (Å²) in [4.78, 5) is 14.2. The molecule has 1 aliphatic rings. The molecule has 1 unspecified atom stereocenters. The number of carbonyl (C=O) groups is 1. The molecular weight excluding hydrogens is 268 g/mol. The summed E-state index contributed by atoms with van der Waals surface area (Å²) < 4.78 is 0. The molecule has 102 valence electrons. The lowest BCUT2D eigenvalue weighted by molar-refractivity contribution is -0.115. The van der Waals surface area contributed by atoms with E-state index < -0.39 is 0 Å². The smallest absolute Gasteiger partial charge is 0.238 e. The van der Waals surface area contributed by atoms with Gasteiger partial charge in [0.15, 0.2) is 0 Å². The second kappa shape index (κ2) is 5.21. The van der Waals surface area contributed by atoms with Gasteiger partial charge in [0.2, 0.25) is 5.91 Å². The maximum atomic E-state index is 12.3. The third-order valence-electron chi connectivity index (χ3n) is 3.44. The summed E-state index contributed by atoms with van der Waals surface area (Å²) in [6.07, 6.45) is 0. The van der Waals surface area contributed by atoms with Crippen LogP contribution in [0.15, 0.2) is 48.5 Å². The Kier molecular flexibility index (Phi) is 3.40. The van der Waals surface area contributed by atoms with E-state index in [0.717, 1.165) is 22.5 Å². The van der Waals surface area contributed by atoms with Crippen LogP contribution in [0.4, 0.5) is 11.4 Å². The average Bonchev–Trinajstić information content (AvgIpc) is 2.81. The first-order valence-electron chi connectivity index (χ1n) is 6.51. The number of rotatable bonds is 2. The Hall–Kier alpha value is -1.94. The first-order valence-corrected chi connectivity index (χ1v) is 7.56. The van der Waals surface area contributed by atoms with Gasteiger partial charge in [0, 0.05) is 11.4 Å². The normalized spacial score (nSPS) is 18.6. The van der Waals surface area contributed by atoms with Crippen molar-refractivity contribution in [2.24, 2.45) is 0 Å². The molecule has 0 saturated carbocycles. The molecule has 0 bridgehead atoms. The first-order chi connectivity index (χ1) is 9.66. The van der Waals surface area contributed by atoms with E-state index in [-0.39, 0.29) is 11.3 Å². The Balaban J connectivity index is 2.03. The zero-order valence-electron chi connectivity index (χ0n) is 11.2. The summed E-state index contributed by atoms with van der Waals surface area (Å²) >= 11 is 1.64. The van der Waals surface area contributed by atoms with Crippen molar-refractivity contribution in [2.45, 2.75) is 12.3 Å². The largest absolute Gasteiger partial charge is 0.399 e. The van der Waals surface area contributed by atoms with E-state index in [2.05, 4.69) is 0 Å². The van der Waals surface area contributed by atoms with Crippen LogP contribution in [0.25, 0.3) is 0 Å². The second-order valence-corrected chi connectivity index (χ2v) is 5.95. The highest BCUT2D eigenvalue weighted by Crippen LogP contribution is 2.42. The number of hydrogen-bond acceptors (Lipinski definition) is 3. The van der Waals surface area contributed by atoms with Gasteiger partial charge in [-0.25, -0.2) is 0 Å². The standard InChI is InChI=1S/C16H16N2OS/c1-11-5-2-3-8-14(11)18-15(19)10-20-16(18)12-6-4-7-13(17)9-12/h2-9,16H,10,17H2,1H3. The van der Waals surface area contributed by atoms with Crippen molar-refractivity contribution < 1.29 is 4.79 Å². The molecule has 2 aromatic carbocycles. The van der Waals surface area contributed by atoms with Crippen molar-refractivity contribution in [3.8, 4) is 0 Å². The topological polar surface area (TPSA) is 46.3 Å². The lowest BCUT2D eigenvalue weighted by Crippen LogP contribution is -2.28. The van der Waals surface area contributed by atoms with Crippen LogP contribution < -0.4 is 10.6 Å². The Labute approximate surface area is 122 Å². The summed E-state index contributed by atoms with van der Waals surface area (Å²) in [7, 11) is 0. The van der Waals surface area contributed by atoms with Gasteiger partial charge in [-0.15, -0.1) is 11.8 Å². The summed E-state index contributed by atoms with van der Waals surface area (Å²) in [5.41, 5.74) is 9.75. The molecule has 0 aliphatic carbocycles. The maximum Gasteiger partial charge on any atom is 0.238 e. The molecule has 1 amide bonds. The molecule has 0 aromatic heterocycles. The van der Waals surface area contributed by atoms with E-state index in [0.29, 0.717) is 5.75 Å². The second-order valence-electron chi connectivity index (χ2n) is 4.88. The summed E-state index contributed by atoms with van der Waals surface area (Å²) in [5, 5.41) is 0.00657. The Morgan fingerprint density at radius 1 is 1.20 bits per heavy atom. The highest BCUT2D eigenvalue weighted by Gasteiger charge is 2.34. The van der Waals surface area contributed by atoms with E-state index in [1.165, 1.54) is 0 Å². The molecule has 1 fully saturated rings. The molecule has 20 heavy (non-hydrogen) atoms. The number of carbonyl (C=O) groups excluding carboxylic acids is 1. The molecule has 1 saturated heterocycles. The minimum absolute atomic E-state index is 0.00657. The van der Waals surface area contributed by atoms with Crippen molar-refractivity contribution in [2.75, 3.05) is 16.4 Å². The lowest BCUT2D eigenvalue weighted by Gasteiger charge is -2.26. The highest BCUT2D eigenvalue weighted by molar-refractivity contribution is 8.00. The van der Waals surface area contributed by atoms with Crippen LogP contribution >= 0.6 is 11.8 Å². The monoisotopic (exact) mass is 284 g/mol. The SMILES string of the molecule is Cc1ccccc1N1C(=O)CSC1c1cccc(N)c1. The minimum atomic E-state index is 0.00657. The zero-order chi connectivity index (χ0) is 14.1. The van der Waals surface area contributed by atoms with Gasteiger partial charge in [-0.3, -0.25) is 9.69 Å². The number of nitrogen functional groups attached to an aromatic ring is 1. The van der Waals surface area contributed by atoms with Crippen LogP contribution in [-0.4, -0.2) is 11.7 Å². The summed E-state index contributed by atoms with van der Waals surface area (Å²) in [6.45, 7) is 2.03. The van der Waals surface area contributed by atoms with Crippen LogP contribution in [-0.2, 0) is 4.79 Å². The number of thioether (sulfide) groups is 1. The molecule has 2 N–H and O–H groups in total. The van der Waals surface area contributed by atoms with Gasteiger partial charge in [0.05, 0.1) is 5.75 Å². The number of anilines is 2. The van der Waals surface area contributed by atoms with Crippen molar-refractivity contribution >= 4 is 29.0 Å². The van der Waals surface area contributed by atoms with Gasteiger partial charge in [-0.2, -0.15) is 0 Å². The maximum absolute atomic E-state index is 12.3. The van der Waals surface area contributed by atoms with E-state index in [1.54, 1.807) is 11.8 Å². The highest BCUT2D eigenvalue weighted by atomic mass is 32.2. The predicted molar refractivity (Wildman–Crippen MR) is 84.7 cm³/mol. The first kappa shape index (κ1) is 13.1. The van der Waals surface area contributed by atoms with Crippen molar-refractivity contribution in [1.82, 2.24) is 0 Å². The Bertz CT molecular complexity index is 656. The van der Waals surface area contributed by atoms with Crippen LogP contribution in [0.2, 0.25) is 0 Å². The van der Waals surface area contributed by atoms with E-state index in [1.807, 2.05) is 60.4 Å². The average molecular weight is 284 g/mol. The van der Waals surface area contributed by atoms with Crippen LogP contribution in [0.5, 0.6) is 0 Å². The quantitative estimate of drug-likeness (QED) is 0.860. The fourth-order valence-corrected chi connectivity index (χ4v) is 3.64. The zero-order valence-corrected chi connectivity index (χ0v) is 12.1. The van der Waals surface area contributed by atoms with Gasteiger partial charge in [-0.05, 0) is 36.2 Å². The van der Waals surface area contributed by atoms with Gasteiger partial charge < -0.3 is 5.73 Å². The third-order valence-corrected chi connectivity index (χ3v) is 4.65. The number of hydrogen-bond donors (Lipinski definition) is 1. The Morgan fingerprint density at radius 2 is 2.00 bits per heavy atom. The van der Waals surface area contributed by atoms with Gasteiger partial charge >= 0.3 is 0 Å². The molecule has 4 heteroatoms. The number of benzene rings is 2. The third kappa shape index (κ3) is 2.27. The molecule has 0 spiro atoms. The van der Waals surface area contributed by atoms with Crippen molar-refractivity contribution in [1.29, 1.82) is 0 Å². The number of amides is 1. The molecule has 1 aliphatic heterocycles. The lowest BCUT2D eigenvalue weighted by atomic mass is 10.1. The summed E-state index contributed by atoms with van der Waals surface area (Å²) in [6, 6.07) is 15.8. The fourth-order valence-electron chi connectivity index (χ4n) is 2.48. The Morgan fingerprint density at radius 3 is 2.75 bits per heavy atom. The van der Waals surface area contributed by atoms with E-state index in [4.69, 9.17) is 5.73 Å². The van der Waals surface area contributed by atoms with E-state index in [9.17, 15) is 4.79 Å². The molecule has 3 nitrogen and oxygen atoms in total. The van der Waals surface area contributed by atoms with Gasteiger partial charge in [0.1, 0.15) is 5.37 Å². The molecule has 3 rings (SSSR count). The van der Waals surface area contributed by atoms with E-state index >= 15 is 0 Å². The predicted octanol–water partition coefficient (Wildman–Crippen LogP) is 3.36.